The molecule has 0 aliphatic carbocycles. The third-order valence-corrected chi connectivity index (χ3v) is 8.33. The summed E-state index contributed by atoms with van der Waals surface area (Å²) in [5, 5.41) is -4.97. The summed E-state index contributed by atoms with van der Waals surface area (Å²) >= 11 is 0. The Balaban J connectivity index is 1.72. The summed E-state index contributed by atoms with van der Waals surface area (Å²) in [7, 11) is 55.8. The lowest BCUT2D eigenvalue weighted by Crippen LogP contribution is -2.93. The molecule has 1 aliphatic heterocycles. The lowest BCUT2D eigenvalue weighted by Gasteiger charge is -2.75. The van der Waals surface area contributed by atoms with E-state index in [0.29, 0.717) is 5.52 Å². The number of carbonyl (C=O) groups is 1. The number of hydrogen-bond donors (Lipinski definition) is 1. The monoisotopic (exact) mass is 554 g/mol. The van der Waals surface area contributed by atoms with E-state index in [4.69, 9.17) is 67.8 Å². The summed E-state index contributed by atoms with van der Waals surface area (Å²) < 4.78 is 1.74. The molecular formula is C26H26B8N8O. The molecule has 4 aromatic heterocycles. The third-order valence-electron chi connectivity index (χ3n) is 8.33. The predicted molar refractivity (Wildman–Crippen MR) is 176 cm³/mol. The van der Waals surface area contributed by atoms with Crippen LogP contribution >= 0.6 is 0 Å². The van der Waals surface area contributed by atoms with E-state index in [1.807, 2.05) is 33.9 Å². The zero-order valence-corrected chi connectivity index (χ0v) is 25.3. The molecule has 0 bridgehead atoms. The molecule has 200 valence electrons. The Bertz CT molecular complexity index is 1720. The van der Waals surface area contributed by atoms with E-state index in [1.54, 1.807) is 35.6 Å². The number of nitrogens with one attached hydrogen (secondary N) is 1. The minimum atomic E-state index is -2.35. The number of aromatic amines is 1. The van der Waals surface area contributed by atoms with Gasteiger partial charge in [-0.05, 0) is 78.5 Å². The summed E-state index contributed by atoms with van der Waals surface area (Å²) in [6, 6.07) is 3.38. The fourth-order valence-corrected chi connectivity index (χ4v) is 5.89. The first-order valence-electron chi connectivity index (χ1n) is 13.7. The van der Waals surface area contributed by atoms with Crippen LogP contribution in [0.15, 0.2) is 24.7 Å². The molecule has 0 aromatic carbocycles. The van der Waals surface area contributed by atoms with E-state index in [9.17, 15) is 4.79 Å². The molecule has 17 heteroatoms. The van der Waals surface area contributed by atoms with E-state index < -0.39 is 27.3 Å². The summed E-state index contributed by atoms with van der Waals surface area (Å²) in [4.78, 5) is 29.5. The number of piperazine rings is 1. The van der Waals surface area contributed by atoms with Crippen LogP contribution in [0.5, 0.6) is 0 Å². The fourth-order valence-electron chi connectivity index (χ4n) is 5.89. The van der Waals surface area contributed by atoms with E-state index in [-0.39, 0.29) is 18.3 Å². The number of likely N-dealkylation sites (N-methyl/N-ethyl adjacent to an activating group) is 1. The summed E-state index contributed by atoms with van der Waals surface area (Å²) in [5.74, 6) is -0.587. The quantitative estimate of drug-likeness (QED) is 0.326. The van der Waals surface area contributed by atoms with Crippen molar-refractivity contribution in [1.29, 1.82) is 0 Å². The Hall–Kier alpha value is -2.94. The third kappa shape index (κ3) is 4.43. The van der Waals surface area contributed by atoms with Crippen molar-refractivity contribution in [2.24, 2.45) is 0 Å². The first-order chi connectivity index (χ1) is 19.8. The van der Waals surface area contributed by atoms with Crippen LogP contribution < -0.4 is 4.90 Å². The largest absolute Gasteiger partial charge is 0.378 e. The molecule has 1 fully saturated rings. The van der Waals surface area contributed by atoms with E-state index in [1.165, 1.54) is 6.33 Å². The first kappa shape index (κ1) is 31.5. The van der Waals surface area contributed by atoms with Gasteiger partial charge in [0.1, 0.15) is 12.1 Å². The average molecular weight is 553 g/mol. The van der Waals surface area contributed by atoms with E-state index >= 15 is 0 Å². The van der Waals surface area contributed by atoms with Gasteiger partial charge in [-0.2, -0.15) is 5.10 Å². The van der Waals surface area contributed by atoms with Crippen molar-refractivity contribution in [3.8, 4) is 11.3 Å². The Morgan fingerprint density at radius 1 is 0.953 bits per heavy atom. The summed E-state index contributed by atoms with van der Waals surface area (Å²) in [6.07, 6.45) is 3.44. The molecule has 1 saturated heterocycles. The maximum atomic E-state index is 13.3. The number of carbonyl (C=O) groups excluding carboxylic acids is 1. The van der Waals surface area contributed by atoms with Gasteiger partial charge in [0.15, 0.2) is 5.65 Å². The Morgan fingerprint density at radius 3 is 2.12 bits per heavy atom. The van der Waals surface area contributed by atoms with Gasteiger partial charge in [0.25, 0.3) is 0 Å². The zero-order valence-electron chi connectivity index (χ0n) is 25.3. The van der Waals surface area contributed by atoms with Crippen molar-refractivity contribution in [3.63, 3.8) is 0 Å². The molecule has 0 unspecified atom stereocenters. The molecular weight excluding hydrogens is 527 g/mol. The van der Waals surface area contributed by atoms with Crippen molar-refractivity contribution in [2.75, 3.05) is 25.5 Å². The van der Waals surface area contributed by atoms with Crippen molar-refractivity contribution in [1.82, 2.24) is 34.4 Å². The van der Waals surface area contributed by atoms with Gasteiger partial charge in [-0.25, -0.2) is 14.5 Å². The number of H-pyrrole nitrogens is 1. The van der Waals surface area contributed by atoms with Crippen LogP contribution in [0.1, 0.15) is 36.5 Å². The minimum Gasteiger partial charge on any atom is -0.378 e. The number of rotatable bonds is 5. The number of hydrogen-bond acceptors (Lipinski definition) is 6. The molecule has 0 spiro atoms. The molecule has 5 heterocycles. The predicted octanol–water partition coefficient (Wildman–Crippen LogP) is -0.814. The first-order valence-corrected chi connectivity index (χ1v) is 13.7. The van der Waals surface area contributed by atoms with Crippen LogP contribution in [0.2, 0.25) is 0 Å². The zero-order chi connectivity index (χ0) is 32.0. The number of fused-ring (bicyclic) bond motifs is 2. The van der Waals surface area contributed by atoms with Crippen molar-refractivity contribution < 1.29 is 4.79 Å². The van der Waals surface area contributed by atoms with E-state index in [2.05, 4.69) is 15.1 Å². The molecule has 1 aliphatic rings. The van der Waals surface area contributed by atoms with Crippen LogP contribution in [0.4, 0.5) is 5.82 Å². The average Bonchev–Trinajstić information content (AvgIpc) is 3.48. The maximum Gasteiger partial charge on any atom is 0.234 e. The minimum absolute atomic E-state index is 0.00499. The van der Waals surface area contributed by atoms with Crippen LogP contribution in [-0.4, -0.2) is 145 Å². The highest BCUT2D eigenvalue weighted by atomic mass is 16.2. The van der Waals surface area contributed by atoms with Gasteiger partial charge in [-0.3, -0.25) is 4.79 Å². The Kier molecular flexibility index (Phi) is 7.35. The van der Waals surface area contributed by atoms with Gasteiger partial charge in [-0.1, -0.05) is 13.8 Å². The number of aryl methyl sites for hydroxylation is 1. The number of pyridine rings is 2. The van der Waals surface area contributed by atoms with Crippen LogP contribution in [0.25, 0.3) is 27.9 Å². The second kappa shape index (κ2) is 10.0. The molecule has 0 atom stereocenters. The maximum absolute atomic E-state index is 13.3. The van der Waals surface area contributed by atoms with Crippen LogP contribution in [0.3, 0.4) is 0 Å². The highest BCUT2D eigenvalue weighted by Gasteiger charge is 2.61. The molecule has 9 nitrogen and oxygen atoms in total. The number of anilines is 1. The van der Waals surface area contributed by atoms with Crippen LogP contribution in [-0.2, 0) is 4.79 Å². The molecule has 4 aromatic rings. The summed E-state index contributed by atoms with van der Waals surface area (Å²) in [5.41, 5.74) is 6.79. The van der Waals surface area contributed by atoms with Gasteiger partial charge in [0.05, 0.1) is 86.0 Å². The Morgan fingerprint density at radius 2 is 1.56 bits per heavy atom. The smallest absolute Gasteiger partial charge is 0.234 e. The lowest BCUT2D eigenvalue weighted by molar-refractivity contribution is -0.137. The standard InChI is InChI=1S/C26H26B8N8O/c1-12(2)19-20(15-9-40-22(35-11-36-40)14(4)13(15)3)37-16-7-8-17(38-21(16)19)41-23(27,28)25(31,32)42(18(43)10-39(5)6)26(33,34)24(41,29)30/h7-9,11-12,37H,10H2,1-6H3. The Labute approximate surface area is 263 Å². The molecule has 16 radical (unpaired) electrons. The SMILES string of the molecule is [B]C1([B])N(C(=O)CN(C)C)C([B])([B])C([B])([B])N(c2ccc3[nH]c(-c4cn5ncnc5c(C)c4C)c(C(C)C)c3n2)C1([B])[B]. The highest BCUT2D eigenvalue weighted by molar-refractivity contribution is 6.63. The van der Waals surface area contributed by atoms with Gasteiger partial charge in [0, 0.05) is 17.3 Å². The number of amides is 1. The van der Waals surface area contributed by atoms with Crippen molar-refractivity contribution in [2.45, 2.75) is 55.0 Å². The molecule has 1 amide bonds. The second-order valence-corrected chi connectivity index (χ2v) is 12.1. The van der Waals surface area contributed by atoms with Crippen molar-refractivity contribution in [3.05, 3.63) is 41.3 Å². The number of aromatic nitrogens is 5. The van der Waals surface area contributed by atoms with Crippen molar-refractivity contribution >= 4 is 91.2 Å². The second-order valence-electron chi connectivity index (χ2n) is 12.1. The number of nitrogens with zero attached hydrogens (tertiary/aromatic N) is 7. The van der Waals surface area contributed by atoms with Crippen LogP contribution in [0, 0.1) is 13.8 Å². The van der Waals surface area contributed by atoms with Gasteiger partial charge < -0.3 is 19.7 Å². The summed E-state index contributed by atoms with van der Waals surface area (Å²) in [6.45, 7) is 7.96. The molecule has 43 heavy (non-hydrogen) atoms. The molecule has 5 rings (SSSR count). The van der Waals surface area contributed by atoms with Gasteiger partial charge in [-0.15, -0.1) is 0 Å². The fraction of sp³-hybridized carbons (Fsp3) is 0.462. The highest BCUT2D eigenvalue weighted by Crippen LogP contribution is 2.46. The topological polar surface area (TPSA) is 85.7 Å². The molecule has 0 saturated carbocycles. The normalized spacial score (nSPS) is 19.1. The van der Waals surface area contributed by atoms with Gasteiger partial charge >= 0.3 is 0 Å². The van der Waals surface area contributed by atoms with Gasteiger partial charge in [0.2, 0.25) is 5.91 Å². The lowest BCUT2D eigenvalue weighted by atomic mass is 9.26. The van der Waals surface area contributed by atoms with E-state index in [0.717, 1.165) is 48.9 Å². The molecule has 1 N–H and O–H groups in total.